The second kappa shape index (κ2) is 6.02. The Morgan fingerprint density at radius 3 is 2.79 bits per heavy atom. The largest absolute Gasteiger partial charge is 0.294 e. The van der Waals surface area contributed by atoms with E-state index in [1.54, 1.807) is 12.1 Å². The van der Waals surface area contributed by atoms with Gasteiger partial charge in [0.05, 0.1) is 17.1 Å². The molecule has 1 aromatic heterocycles. The van der Waals surface area contributed by atoms with Crippen LogP contribution in [0.5, 0.6) is 0 Å². The normalized spacial score (nSPS) is 12.4. The second-order valence-electron chi connectivity index (χ2n) is 4.62. The first kappa shape index (κ1) is 13.8. The molecule has 19 heavy (non-hydrogen) atoms. The van der Waals surface area contributed by atoms with Crippen molar-refractivity contribution >= 4 is 17.4 Å². The highest BCUT2D eigenvalue weighted by Gasteiger charge is 2.13. The van der Waals surface area contributed by atoms with Crippen LogP contribution >= 0.6 is 11.6 Å². The zero-order valence-electron chi connectivity index (χ0n) is 11.1. The average molecular weight is 277 g/mol. The lowest BCUT2D eigenvalue weighted by molar-refractivity contribution is 0.0992. The van der Waals surface area contributed by atoms with E-state index in [1.807, 2.05) is 29.1 Å². The number of carbonyl (C=O) groups excluding carboxylic acids is 1. The van der Waals surface area contributed by atoms with Gasteiger partial charge < -0.3 is 0 Å². The van der Waals surface area contributed by atoms with Crippen molar-refractivity contribution in [3.05, 3.63) is 52.8 Å². The summed E-state index contributed by atoms with van der Waals surface area (Å²) < 4.78 is 1.90. The summed E-state index contributed by atoms with van der Waals surface area (Å²) in [5.74, 6) is 0.00000142. The highest BCUT2D eigenvalue weighted by Crippen LogP contribution is 2.17. The molecule has 1 heterocycles. The molecule has 100 valence electrons. The van der Waals surface area contributed by atoms with Crippen molar-refractivity contribution < 1.29 is 4.79 Å². The summed E-state index contributed by atoms with van der Waals surface area (Å²) in [6.45, 7) is 4.22. The smallest absolute Gasteiger partial charge is 0.170 e. The van der Waals surface area contributed by atoms with E-state index >= 15 is 0 Å². The van der Waals surface area contributed by atoms with Gasteiger partial charge in [0.2, 0.25) is 0 Å². The van der Waals surface area contributed by atoms with Gasteiger partial charge in [-0.15, -0.1) is 0 Å². The van der Waals surface area contributed by atoms with E-state index in [0.29, 0.717) is 16.6 Å². The number of nitrogens with zero attached hydrogens (tertiary/aromatic N) is 2. The van der Waals surface area contributed by atoms with Crippen molar-refractivity contribution in [1.29, 1.82) is 0 Å². The predicted molar refractivity (Wildman–Crippen MR) is 76.7 cm³/mol. The van der Waals surface area contributed by atoms with Crippen molar-refractivity contribution in [3.8, 4) is 0 Å². The monoisotopic (exact) mass is 276 g/mol. The van der Waals surface area contributed by atoms with Crippen molar-refractivity contribution in [2.24, 2.45) is 0 Å². The van der Waals surface area contributed by atoms with Crippen molar-refractivity contribution in [1.82, 2.24) is 9.78 Å². The van der Waals surface area contributed by atoms with Gasteiger partial charge in [-0.3, -0.25) is 9.48 Å². The van der Waals surface area contributed by atoms with E-state index in [1.165, 1.54) is 0 Å². The number of Topliss-reactive ketones (excluding diaryl/α,β-unsaturated/α-hetero) is 1. The van der Waals surface area contributed by atoms with Gasteiger partial charge in [0.15, 0.2) is 5.78 Å². The molecule has 0 radical (unpaired) electrons. The van der Waals surface area contributed by atoms with Crippen LogP contribution in [0.2, 0.25) is 5.02 Å². The summed E-state index contributed by atoms with van der Waals surface area (Å²) in [4.78, 5) is 12.1. The molecule has 0 aliphatic carbocycles. The molecule has 2 rings (SSSR count). The Kier molecular flexibility index (Phi) is 4.38. The number of hydrogen-bond donors (Lipinski definition) is 0. The fourth-order valence-corrected chi connectivity index (χ4v) is 2.09. The van der Waals surface area contributed by atoms with Crippen LogP contribution in [-0.4, -0.2) is 15.6 Å². The number of ketones is 1. The zero-order chi connectivity index (χ0) is 13.8. The highest BCUT2D eigenvalue weighted by atomic mass is 35.5. The van der Waals surface area contributed by atoms with Gasteiger partial charge in [-0.05, 0) is 31.5 Å². The number of rotatable bonds is 5. The van der Waals surface area contributed by atoms with Gasteiger partial charge in [-0.2, -0.15) is 5.10 Å². The molecule has 0 spiro atoms. The molecule has 0 aliphatic rings. The van der Waals surface area contributed by atoms with Gasteiger partial charge in [-0.1, -0.05) is 30.7 Å². The molecule has 0 aliphatic heterocycles. The van der Waals surface area contributed by atoms with E-state index in [9.17, 15) is 4.79 Å². The first-order valence-corrected chi connectivity index (χ1v) is 6.81. The van der Waals surface area contributed by atoms with E-state index in [4.69, 9.17) is 11.6 Å². The second-order valence-corrected chi connectivity index (χ2v) is 5.03. The third-order valence-electron chi connectivity index (χ3n) is 3.22. The quantitative estimate of drug-likeness (QED) is 0.776. The molecule has 0 N–H and O–H groups in total. The molecule has 2 aromatic rings. The van der Waals surface area contributed by atoms with Crippen LogP contribution in [0, 0.1) is 0 Å². The van der Waals surface area contributed by atoms with Crippen LogP contribution in [0.3, 0.4) is 0 Å². The molecule has 1 aromatic carbocycles. The van der Waals surface area contributed by atoms with E-state index in [0.717, 1.165) is 12.1 Å². The molecule has 3 nitrogen and oxygen atoms in total. The SMILES string of the molecule is CCC(C)n1ccc(CC(=O)c2ccccc2Cl)n1. The molecular weight excluding hydrogens is 260 g/mol. The Balaban J connectivity index is 2.11. The van der Waals surface area contributed by atoms with Crippen molar-refractivity contribution in [3.63, 3.8) is 0 Å². The maximum Gasteiger partial charge on any atom is 0.170 e. The zero-order valence-corrected chi connectivity index (χ0v) is 11.9. The minimum Gasteiger partial charge on any atom is -0.294 e. The molecule has 1 atom stereocenters. The maximum atomic E-state index is 12.1. The Hall–Kier alpha value is -1.61. The summed E-state index contributed by atoms with van der Waals surface area (Å²) in [5.41, 5.74) is 1.34. The molecule has 4 heteroatoms. The predicted octanol–water partition coefficient (Wildman–Crippen LogP) is 3.93. The van der Waals surface area contributed by atoms with E-state index in [2.05, 4.69) is 18.9 Å². The van der Waals surface area contributed by atoms with Crippen LogP contribution in [0.25, 0.3) is 0 Å². The molecule has 1 unspecified atom stereocenters. The third-order valence-corrected chi connectivity index (χ3v) is 3.55. The maximum absolute atomic E-state index is 12.1. The van der Waals surface area contributed by atoms with Gasteiger partial charge in [-0.25, -0.2) is 0 Å². The summed E-state index contributed by atoms with van der Waals surface area (Å²) >= 11 is 6.02. The minimum atomic E-state index is 0.00000142. The molecule has 0 saturated heterocycles. The topological polar surface area (TPSA) is 34.9 Å². The van der Waals surface area contributed by atoms with Crippen LogP contribution in [0.4, 0.5) is 0 Å². The molecule has 0 bridgehead atoms. The number of aromatic nitrogens is 2. The fraction of sp³-hybridized carbons (Fsp3) is 0.333. The van der Waals surface area contributed by atoms with Crippen LogP contribution in [0.1, 0.15) is 42.4 Å². The number of benzene rings is 1. The third kappa shape index (κ3) is 3.24. The lowest BCUT2D eigenvalue weighted by Crippen LogP contribution is -2.08. The number of carbonyl (C=O) groups is 1. The molecule has 0 amide bonds. The Labute approximate surface area is 118 Å². The van der Waals surface area contributed by atoms with Crippen molar-refractivity contribution in [2.75, 3.05) is 0 Å². The molecule has 0 saturated carbocycles. The molecular formula is C15H17ClN2O. The summed E-state index contributed by atoms with van der Waals surface area (Å²) in [6, 6.07) is 9.35. The van der Waals surface area contributed by atoms with Gasteiger partial charge in [0.25, 0.3) is 0 Å². The highest BCUT2D eigenvalue weighted by molar-refractivity contribution is 6.34. The summed E-state index contributed by atoms with van der Waals surface area (Å²) in [7, 11) is 0. The number of hydrogen-bond acceptors (Lipinski definition) is 2. The van der Waals surface area contributed by atoms with Crippen molar-refractivity contribution in [2.45, 2.75) is 32.7 Å². The van der Waals surface area contributed by atoms with Crippen LogP contribution in [-0.2, 0) is 6.42 Å². The first-order valence-electron chi connectivity index (χ1n) is 6.43. The minimum absolute atomic E-state index is 0.00000142. The average Bonchev–Trinajstić information content (AvgIpc) is 2.86. The van der Waals surface area contributed by atoms with Gasteiger partial charge in [0.1, 0.15) is 0 Å². The fourth-order valence-electron chi connectivity index (χ4n) is 1.85. The molecule has 0 fully saturated rings. The lowest BCUT2D eigenvalue weighted by atomic mass is 10.1. The van der Waals surface area contributed by atoms with Crippen LogP contribution < -0.4 is 0 Å². The summed E-state index contributed by atoms with van der Waals surface area (Å²) in [5, 5.41) is 4.92. The Bertz CT molecular complexity index is 577. The lowest BCUT2D eigenvalue weighted by Gasteiger charge is -2.08. The van der Waals surface area contributed by atoms with Gasteiger partial charge >= 0.3 is 0 Å². The van der Waals surface area contributed by atoms with Gasteiger partial charge in [0, 0.05) is 17.8 Å². The Morgan fingerprint density at radius 2 is 2.11 bits per heavy atom. The van der Waals surface area contributed by atoms with E-state index in [-0.39, 0.29) is 12.2 Å². The summed E-state index contributed by atoms with van der Waals surface area (Å²) in [6.07, 6.45) is 3.22. The standard InChI is InChI=1S/C15H17ClN2O/c1-3-11(2)18-9-8-12(17-18)10-15(19)13-6-4-5-7-14(13)16/h4-9,11H,3,10H2,1-2H3. The Morgan fingerprint density at radius 1 is 1.37 bits per heavy atom. The van der Waals surface area contributed by atoms with Crippen LogP contribution in [0.15, 0.2) is 36.5 Å². The first-order chi connectivity index (χ1) is 9.11. The van der Waals surface area contributed by atoms with E-state index < -0.39 is 0 Å². The number of halogens is 1.